The van der Waals surface area contributed by atoms with Gasteiger partial charge in [0.15, 0.2) is 0 Å². The van der Waals surface area contributed by atoms with E-state index in [1.54, 1.807) is 0 Å². The lowest BCUT2D eigenvalue weighted by atomic mass is 9.68. The van der Waals surface area contributed by atoms with Gasteiger partial charge in [0.2, 0.25) is 0 Å². The van der Waals surface area contributed by atoms with E-state index < -0.39 is 0 Å². The monoisotopic (exact) mass is 334 g/mol. The summed E-state index contributed by atoms with van der Waals surface area (Å²) in [7, 11) is 0. The Morgan fingerprint density at radius 1 is 1.41 bits per heavy atom. The standard InChI is InChI=1S/C20H27ClS/c1-6-13(2)20(4,5)18(11-14(3)21)16-8-7-15-9-10-19(22)17(15)12-16/h7-8,12,18-19,22H,2-3,6,9-11H2,1,4-5H3. The van der Waals surface area contributed by atoms with Crippen LogP contribution in [0, 0.1) is 5.41 Å². The molecule has 0 fully saturated rings. The van der Waals surface area contributed by atoms with Crippen LogP contribution in [0.15, 0.2) is 42.0 Å². The molecular formula is C20H27ClS. The molecule has 1 aliphatic carbocycles. The number of fused-ring (bicyclic) bond motifs is 1. The van der Waals surface area contributed by atoms with Gasteiger partial charge in [-0.25, -0.2) is 0 Å². The van der Waals surface area contributed by atoms with Crippen molar-refractivity contribution in [2.24, 2.45) is 5.41 Å². The molecule has 1 aromatic carbocycles. The third-order valence-electron chi connectivity index (χ3n) is 5.25. The number of aryl methyl sites for hydroxylation is 1. The normalized spacial score (nSPS) is 18.9. The lowest BCUT2D eigenvalue weighted by Crippen LogP contribution is -2.24. The topological polar surface area (TPSA) is 0 Å². The summed E-state index contributed by atoms with van der Waals surface area (Å²) in [6.45, 7) is 14.9. The second-order valence-electron chi connectivity index (χ2n) is 6.97. The van der Waals surface area contributed by atoms with Crippen molar-refractivity contribution in [3.8, 4) is 0 Å². The van der Waals surface area contributed by atoms with Gasteiger partial charge < -0.3 is 0 Å². The molecule has 0 heterocycles. The van der Waals surface area contributed by atoms with E-state index in [9.17, 15) is 0 Å². The zero-order valence-electron chi connectivity index (χ0n) is 14.0. The van der Waals surface area contributed by atoms with Gasteiger partial charge in [0.05, 0.1) is 0 Å². The molecule has 0 nitrogen and oxygen atoms in total. The van der Waals surface area contributed by atoms with E-state index in [2.05, 4.69) is 52.1 Å². The Labute approximate surface area is 146 Å². The van der Waals surface area contributed by atoms with Crippen LogP contribution in [0.2, 0.25) is 0 Å². The minimum atomic E-state index is -0.00842. The van der Waals surface area contributed by atoms with Crippen molar-refractivity contribution in [2.75, 3.05) is 0 Å². The van der Waals surface area contributed by atoms with Crippen LogP contribution in [-0.4, -0.2) is 0 Å². The van der Waals surface area contributed by atoms with Gasteiger partial charge in [-0.05, 0) is 53.7 Å². The minimum absolute atomic E-state index is 0.00842. The Balaban J connectivity index is 2.44. The van der Waals surface area contributed by atoms with Crippen molar-refractivity contribution >= 4 is 24.2 Å². The van der Waals surface area contributed by atoms with E-state index >= 15 is 0 Å². The summed E-state index contributed by atoms with van der Waals surface area (Å²) in [5.74, 6) is 0.302. The number of rotatable bonds is 6. The summed E-state index contributed by atoms with van der Waals surface area (Å²) in [5, 5.41) is 1.08. The number of thiol groups is 1. The molecule has 2 unspecified atom stereocenters. The Bertz CT molecular complexity index is 585. The molecular weight excluding hydrogens is 308 g/mol. The van der Waals surface area contributed by atoms with Crippen LogP contribution in [0.4, 0.5) is 0 Å². The third-order valence-corrected chi connectivity index (χ3v) is 5.94. The molecule has 1 aliphatic rings. The van der Waals surface area contributed by atoms with Gasteiger partial charge in [-0.15, -0.1) is 0 Å². The second kappa shape index (κ2) is 6.84. The molecule has 22 heavy (non-hydrogen) atoms. The maximum atomic E-state index is 6.18. The van der Waals surface area contributed by atoms with Crippen LogP contribution in [0.3, 0.4) is 0 Å². The van der Waals surface area contributed by atoms with Crippen LogP contribution in [-0.2, 0) is 6.42 Å². The van der Waals surface area contributed by atoms with Gasteiger partial charge in [-0.1, -0.05) is 69.3 Å². The van der Waals surface area contributed by atoms with Crippen molar-refractivity contribution < 1.29 is 0 Å². The summed E-state index contributed by atoms with van der Waals surface area (Å²) >= 11 is 10.9. The van der Waals surface area contributed by atoms with Gasteiger partial charge >= 0.3 is 0 Å². The van der Waals surface area contributed by atoms with Crippen LogP contribution < -0.4 is 0 Å². The highest BCUT2D eigenvalue weighted by atomic mass is 35.5. The fourth-order valence-corrected chi connectivity index (χ4v) is 4.05. The maximum absolute atomic E-state index is 6.18. The zero-order valence-corrected chi connectivity index (χ0v) is 15.6. The highest BCUT2D eigenvalue weighted by molar-refractivity contribution is 7.80. The first kappa shape index (κ1) is 17.7. The maximum Gasteiger partial charge on any atom is 0.0273 e. The van der Waals surface area contributed by atoms with Gasteiger partial charge in [0.1, 0.15) is 0 Å². The summed E-state index contributed by atoms with van der Waals surface area (Å²) in [5.41, 5.74) is 5.42. The van der Waals surface area contributed by atoms with Crippen LogP contribution in [0.1, 0.15) is 67.9 Å². The zero-order chi connectivity index (χ0) is 16.5. The van der Waals surface area contributed by atoms with E-state index in [0.29, 0.717) is 16.2 Å². The predicted octanol–water partition coefficient (Wildman–Crippen LogP) is 6.82. The van der Waals surface area contributed by atoms with E-state index in [4.69, 9.17) is 24.2 Å². The van der Waals surface area contributed by atoms with Gasteiger partial charge in [0, 0.05) is 10.3 Å². The average molecular weight is 335 g/mol. The molecule has 1 aromatic rings. The van der Waals surface area contributed by atoms with Crippen molar-refractivity contribution in [3.05, 3.63) is 58.7 Å². The molecule has 120 valence electrons. The first-order chi connectivity index (χ1) is 10.3. The van der Waals surface area contributed by atoms with E-state index in [-0.39, 0.29) is 5.41 Å². The fourth-order valence-electron chi connectivity index (χ4n) is 3.53. The molecule has 0 N–H and O–H groups in total. The molecule has 0 aromatic heterocycles. The molecule has 0 radical (unpaired) electrons. The Kier molecular flexibility index (Phi) is 5.50. The third kappa shape index (κ3) is 3.46. The lowest BCUT2D eigenvalue weighted by molar-refractivity contribution is 0.340. The average Bonchev–Trinajstić information content (AvgIpc) is 2.84. The first-order valence-corrected chi connectivity index (χ1v) is 8.99. The van der Waals surface area contributed by atoms with Crippen molar-refractivity contribution in [1.29, 1.82) is 0 Å². The number of allylic oxidation sites excluding steroid dienone is 2. The summed E-state index contributed by atoms with van der Waals surface area (Å²) < 4.78 is 0. The second-order valence-corrected chi connectivity index (χ2v) is 8.12. The van der Waals surface area contributed by atoms with Crippen LogP contribution in [0.5, 0.6) is 0 Å². The SMILES string of the molecule is C=C(Cl)CC(c1ccc2c(c1)C(S)CC2)C(C)(C)C(=C)CC. The molecule has 0 spiro atoms. The number of benzene rings is 1. The molecule has 0 amide bonds. The molecule has 2 atom stereocenters. The molecule has 0 saturated carbocycles. The van der Waals surface area contributed by atoms with E-state index in [1.807, 2.05) is 0 Å². The molecule has 0 saturated heterocycles. The Morgan fingerprint density at radius 2 is 2.09 bits per heavy atom. The molecule has 0 aliphatic heterocycles. The van der Waals surface area contributed by atoms with E-state index in [1.165, 1.54) is 22.3 Å². The number of hydrogen-bond donors (Lipinski definition) is 1. The van der Waals surface area contributed by atoms with E-state index in [0.717, 1.165) is 25.7 Å². The molecule has 2 rings (SSSR count). The summed E-state index contributed by atoms with van der Waals surface area (Å²) in [6, 6.07) is 6.88. The Morgan fingerprint density at radius 3 is 2.68 bits per heavy atom. The Hall–Kier alpha value is -0.660. The number of halogens is 1. The largest absolute Gasteiger partial charge is 0.171 e. The number of hydrogen-bond acceptors (Lipinski definition) is 1. The highest BCUT2D eigenvalue weighted by Gasteiger charge is 2.33. The first-order valence-electron chi connectivity index (χ1n) is 8.09. The fraction of sp³-hybridized carbons (Fsp3) is 0.500. The van der Waals surface area contributed by atoms with Crippen molar-refractivity contribution in [2.45, 2.75) is 57.6 Å². The van der Waals surface area contributed by atoms with Crippen LogP contribution >= 0.6 is 24.2 Å². The van der Waals surface area contributed by atoms with Crippen molar-refractivity contribution in [1.82, 2.24) is 0 Å². The van der Waals surface area contributed by atoms with Crippen LogP contribution in [0.25, 0.3) is 0 Å². The van der Waals surface area contributed by atoms with Gasteiger partial charge in [-0.3, -0.25) is 0 Å². The molecule has 0 bridgehead atoms. The quantitative estimate of drug-likeness (QED) is 0.428. The summed E-state index contributed by atoms with van der Waals surface area (Å²) in [6.07, 6.45) is 4.05. The minimum Gasteiger partial charge on any atom is -0.171 e. The summed E-state index contributed by atoms with van der Waals surface area (Å²) in [4.78, 5) is 0. The van der Waals surface area contributed by atoms with Crippen molar-refractivity contribution in [3.63, 3.8) is 0 Å². The highest BCUT2D eigenvalue weighted by Crippen LogP contribution is 2.47. The van der Waals surface area contributed by atoms with Gasteiger partial charge in [0.25, 0.3) is 0 Å². The van der Waals surface area contributed by atoms with Gasteiger partial charge in [-0.2, -0.15) is 12.6 Å². The molecule has 2 heteroatoms. The predicted molar refractivity (Wildman–Crippen MR) is 102 cm³/mol. The lowest BCUT2D eigenvalue weighted by Gasteiger charge is -2.37. The smallest absolute Gasteiger partial charge is 0.0273 e.